The van der Waals surface area contributed by atoms with Gasteiger partial charge >= 0.3 is 0 Å². The maximum absolute atomic E-state index is 10.1. The molecule has 0 heterocycles. The van der Waals surface area contributed by atoms with Gasteiger partial charge in [-0.25, -0.2) is 0 Å². The van der Waals surface area contributed by atoms with Gasteiger partial charge in [-0.05, 0) is 92.8 Å². The van der Waals surface area contributed by atoms with Crippen LogP contribution < -0.4 is 0 Å². The second-order valence-corrected chi connectivity index (χ2v) is 9.16. The monoisotopic (exact) mass is 318 g/mol. The average Bonchev–Trinajstić information content (AvgIpc) is 2.86. The van der Waals surface area contributed by atoms with E-state index in [0.29, 0.717) is 10.8 Å². The molecular formula is C22H38O. The average molecular weight is 319 g/mol. The van der Waals surface area contributed by atoms with Crippen LogP contribution in [0.4, 0.5) is 0 Å². The van der Waals surface area contributed by atoms with E-state index in [1.807, 2.05) is 13.8 Å². The molecule has 0 aromatic rings. The molecule has 7 atom stereocenters. The molecule has 132 valence electrons. The van der Waals surface area contributed by atoms with Gasteiger partial charge in [-0.2, -0.15) is 0 Å². The minimum Gasteiger partial charge on any atom is -0.393 e. The number of rotatable bonds is 0. The Balaban J connectivity index is 0.000000753. The Hall–Kier alpha value is -0.300. The van der Waals surface area contributed by atoms with Crippen molar-refractivity contribution in [3.63, 3.8) is 0 Å². The predicted molar refractivity (Wildman–Crippen MR) is 98.2 cm³/mol. The SMILES string of the molecule is CC.CC1=CCC2C3CCC4CC(O)CCC4(C)C3CCC12C. The molecule has 4 rings (SSSR count). The zero-order valence-corrected chi connectivity index (χ0v) is 16.1. The van der Waals surface area contributed by atoms with Gasteiger partial charge < -0.3 is 5.11 Å². The molecule has 0 amide bonds. The van der Waals surface area contributed by atoms with Crippen molar-refractivity contribution in [2.75, 3.05) is 0 Å². The van der Waals surface area contributed by atoms with Crippen LogP contribution in [0.5, 0.6) is 0 Å². The van der Waals surface area contributed by atoms with E-state index in [2.05, 4.69) is 26.8 Å². The number of aliphatic hydroxyl groups excluding tert-OH is 1. The number of hydrogen-bond donors (Lipinski definition) is 1. The van der Waals surface area contributed by atoms with Crippen molar-refractivity contribution in [2.24, 2.45) is 34.5 Å². The van der Waals surface area contributed by atoms with Crippen molar-refractivity contribution in [1.82, 2.24) is 0 Å². The van der Waals surface area contributed by atoms with Crippen LogP contribution in [0, 0.1) is 34.5 Å². The van der Waals surface area contributed by atoms with E-state index in [0.717, 1.165) is 36.5 Å². The first-order valence-corrected chi connectivity index (χ1v) is 10.3. The van der Waals surface area contributed by atoms with Gasteiger partial charge in [0.25, 0.3) is 0 Å². The van der Waals surface area contributed by atoms with Crippen LogP contribution in [-0.4, -0.2) is 11.2 Å². The van der Waals surface area contributed by atoms with E-state index in [1.165, 1.54) is 38.5 Å². The lowest BCUT2D eigenvalue weighted by molar-refractivity contribution is -0.117. The van der Waals surface area contributed by atoms with Gasteiger partial charge in [0.1, 0.15) is 0 Å². The van der Waals surface area contributed by atoms with E-state index in [4.69, 9.17) is 0 Å². The normalized spacial score (nSPS) is 51.6. The lowest BCUT2D eigenvalue weighted by Crippen LogP contribution is -2.53. The summed E-state index contributed by atoms with van der Waals surface area (Å²) in [6.07, 6.45) is 12.9. The molecule has 1 nitrogen and oxygen atoms in total. The van der Waals surface area contributed by atoms with Crippen molar-refractivity contribution in [3.05, 3.63) is 11.6 Å². The molecule has 3 saturated carbocycles. The van der Waals surface area contributed by atoms with Crippen LogP contribution in [0.25, 0.3) is 0 Å². The summed E-state index contributed by atoms with van der Waals surface area (Å²) in [6.45, 7) is 11.5. The van der Waals surface area contributed by atoms with E-state index in [9.17, 15) is 5.11 Å². The summed E-state index contributed by atoms with van der Waals surface area (Å²) in [5.74, 6) is 3.60. The molecule has 0 aromatic heterocycles. The van der Waals surface area contributed by atoms with E-state index < -0.39 is 0 Å². The fraction of sp³-hybridized carbons (Fsp3) is 0.909. The lowest BCUT2D eigenvalue weighted by atomic mass is 9.45. The highest BCUT2D eigenvalue weighted by atomic mass is 16.3. The molecule has 0 spiro atoms. The summed E-state index contributed by atoms with van der Waals surface area (Å²) in [7, 11) is 0. The van der Waals surface area contributed by atoms with E-state index in [1.54, 1.807) is 5.57 Å². The van der Waals surface area contributed by atoms with Crippen LogP contribution in [0.3, 0.4) is 0 Å². The molecule has 4 aliphatic carbocycles. The number of allylic oxidation sites excluding steroid dienone is 2. The summed E-state index contributed by atoms with van der Waals surface area (Å²) in [6, 6.07) is 0. The zero-order valence-electron chi connectivity index (χ0n) is 16.1. The highest BCUT2D eigenvalue weighted by molar-refractivity contribution is 5.23. The first-order chi connectivity index (χ1) is 10.9. The fourth-order valence-electron chi connectivity index (χ4n) is 7.02. The summed E-state index contributed by atoms with van der Waals surface area (Å²) < 4.78 is 0. The molecule has 0 bridgehead atoms. The fourth-order valence-corrected chi connectivity index (χ4v) is 7.02. The Morgan fingerprint density at radius 2 is 1.74 bits per heavy atom. The molecule has 1 heteroatoms. The standard InChI is InChI=1S/C20H32O.C2H6/c1-13-4-7-17-16-6-5-14-12-15(21)8-10-20(14,3)18(16)9-11-19(13,17)2;1-2/h4,14-18,21H,5-12H2,1-3H3;1-2H3. The van der Waals surface area contributed by atoms with Gasteiger partial charge in [0.2, 0.25) is 0 Å². The van der Waals surface area contributed by atoms with E-state index in [-0.39, 0.29) is 6.10 Å². The third-order valence-corrected chi connectivity index (χ3v) is 8.61. The molecule has 0 saturated heterocycles. The summed E-state index contributed by atoms with van der Waals surface area (Å²) in [5.41, 5.74) is 2.72. The Morgan fingerprint density at radius 3 is 2.48 bits per heavy atom. The van der Waals surface area contributed by atoms with Crippen LogP contribution >= 0.6 is 0 Å². The van der Waals surface area contributed by atoms with Gasteiger partial charge in [0, 0.05) is 0 Å². The summed E-state index contributed by atoms with van der Waals surface area (Å²) >= 11 is 0. The van der Waals surface area contributed by atoms with Crippen molar-refractivity contribution in [2.45, 2.75) is 92.1 Å². The zero-order chi connectivity index (χ0) is 16.8. The van der Waals surface area contributed by atoms with Gasteiger partial charge in [-0.1, -0.05) is 39.3 Å². The smallest absolute Gasteiger partial charge is 0.0543 e. The molecule has 23 heavy (non-hydrogen) atoms. The van der Waals surface area contributed by atoms with E-state index >= 15 is 0 Å². The van der Waals surface area contributed by atoms with Crippen LogP contribution in [0.2, 0.25) is 0 Å². The maximum Gasteiger partial charge on any atom is 0.0543 e. The molecular weight excluding hydrogens is 280 g/mol. The topological polar surface area (TPSA) is 20.2 Å². The number of aliphatic hydroxyl groups is 1. The van der Waals surface area contributed by atoms with Gasteiger partial charge in [0.15, 0.2) is 0 Å². The Bertz CT molecular complexity index is 467. The Morgan fingerprint density at radius 1 is 1.00 bits per heavy atom. The number of hydrogen-bond acceptors (Lipinski definition) is 1. The van der Waals surface area contributed by atoms with Crippen molar-refractivity contribution < 1.29 is 5.11 Å². The summed E-state index contributed by atoms with van der Waals surface area (Å²) in [4.78, 5) is 0. The lowest BCUT2D eigenvalue weighted by Gasteiger charge is -2.60. The third kappa shape index (κ3) is 2.53. The summed E-state index contributed by atoms with van der Waals surface area (Å²) in [5, 5.41) is 10.1. The second-order valence-electron chi connectivity index (χ2n) is 9.16. The highest BCUT2D eigenvalue weighted by Crippen LogP contribution is 2.66. The maximum atomic E-state index is 10.1. The molecule has 7 unspecified atom stereocenters. The quantitative estimate of drug-likeness (QED) is 0.545. The van der Waals surface area contributed by atoms with Crippen molar-refractivity contribution in [3.8, 4) is 0 Å². The molecule has 1 N–H and O–H groups in total. The molecule has 3 fully saturated rings. The van der Waals surface area contributed by atoms with Gasteiger partial charge in [-0.15, -0.1) is 0 Å². The molecule has 0 aromatic carbocycles. The first kappa shape index (κ1) is 17.5. The van der Waals surface area contributed by atoms with Crippen LogP contribution in [-0.2, 0) is 0 Å². The second kappa shape index (κ2) is 6.21. The third-order valence-electron chi connectivity index (χ3n) is 8.61. The van der Waals surface area contributed by atoms with Gasteiger partial charge in [-0.3, -0.25) is 0 Å². The molecule has 0 radical (unpaired) electrons. The Kier molecular flexibility index (Phi) is 4.73. The van der Waals surface area contributed by atoms with Gasteiger partial charge in [0.05, 0.1) is 6.10 Å². The molecule has 0 aliphatic heterocycles. The van der Waals surface area contributed by atoms with Crippen LogP contribution in [0.1, 0.15) is 86.0 Å². The minimum atomic E-state index is -0.0103. The predicted octanol–water partition coefficient (Wildman–Crippen LogP) is 5.97. The number of fused-ring (bicyclic) bond motifs is 5. The first-order valence-electron chi connectivity index (χ1n) is 10.3. The molecule has 4 aliphatic rings. The van der Waals surface area contributed by atoms with Crippen molar-refractivity contribution in [1.29, 1.82) is 0 Å². The highest BCUT2D eigenvalue weighted by Gasteiger charge is 2.57. The Labute approximate surface area is 143 Å². The van der Waals surface area contributed by atoms with Crippen LogP contribution in [0.15, 0.2) is 11.6 Å². The van der Waals surface area contributed by atoms with Crippen molar-refractivity contribution >= 4 is 0 Å². The largest absolute Gasteiger partial charge is 0.393 e. The minimum absolute atomic E-state index is 0.0103.